The molecule has 1 unspecified atom stereocenters. The van der Waals surface area contributed by atoms with E-state index in [1.54, 1.807) is 19.2 Å². The molecule has 0 heterocycles. The molecule has 1 atom stereocenters. The van der Waals surface area contributed by atoms with E-state index in [0.717, 1.165) is 5.56 Å². The van der Waals surface area contributed by atoms with Crippen LogP contribution in [0.4, 0.5) is 5.69 Å². The van der Waals surface area contributed by atoms with E-state index in [0.29, 0.717) is 17.9 Å². The highest BCUT2D eigenvalue weighted by molar-refractivity contribution is 5.78. The molecule has 0 aliphatic heterocycles. The van der Waals surface area contributed by atoms with Crippen LogP contribution in [0.5, 0.6) is 5.75 Å². The van der Waals surface area contributed by atoms with E-state index in [-0.39, 0.29) is 0 Å². The normalized spacial score (nSPS) is 11.7. The number of hydrogen-bond acceptors (Lipinski definition) is 3. The highest BCUT2D eigenvalue weighted by atomic mass is 16.5. The number of para-hydroxylation sites is 2. The zero-order valence-corrected chi connectivity index (χ0v) is 11.2. The topological polar surface area (TPSA) is 58.6 Å². The molecule has 4 nitrogen and oxygen atoms in total. The van der Waals surface area contributed by atoms with Crippen LogP contribution in [0, 0.1) is 0 Å². The number of nitrogens with one attached hydrogen (secondary N) is 1. The quantitative estimate of drug-likeness (QED) is 0.848. The third kappa shape index (κ3) is 3.51. The summed E-state index contributed by atoms with van der Waals surface area (Å²) in [5.41, 5.74) is 1.65. The number of hydrogen-bond donors (Lipinski definition) is 2. The second-order valence-corrected chi connectivity index (χ2v) is 4.43. The number of benzene rings is 2. The number of anilines is 1. The first-order valence-electron chi connectivity index (χ1n) is 6.37. The number of carbonyl (C=O) groups is 1. The van der Waals surface area contributed by atoms with Gasteiger partial charge in [-0.25, -0.2) is 4.79 Å². The van der Waals surface area contributed by atoms with Gasteiger partial charge in [0.15, 0.2) is 0 Å². The molecule has 0 radical (unpaired) electrons. The van der Waals surface area contributed by atoms with Gasteiger partial charge in [-0.1, -0.05) is 42.5 Å². The smallest absolute Gasteiger partial charge is 0.326 e. The van der Waals surface area contributed by atoms with E-state index in [1.165, 1.54) is 0 Å². The summed E-state index contributed by atoms with van der Waals surface area (Å²) in [7, 11) is 1.56. The van der Waals surface area contributed by atoms with Gasteiger partial charge in [0.05, 0.1) is 12.8 Å². The predicted octanol–water partition coefficient (Wildman–Crippen LogP) is 2.80. The molecule has 0 aromatic heterocycles. The van der Waals surface area contributed by atoms with Crippen molar-refractivity contribution in [2.24, 2.45) is 0 Å². The average molecular weight is 271 g/mol. The fraction of sp³-hybridized carbons (Fsp3) is 0.188. The Bertz CT molecular complexity index is 569. The van der Waals surface area contributed by atoms with Gasteiger partial charge in [-0.05, 0) is 17.7 Å². The number of rotatable bonds is 6. The number of aliphatic carboxylic acids is 1. The Kier molecular flexibility index (Phi) is 4.60. The first-order valence-corrected chi connectivity index (χ1v) is 6.37. The third-order valence-electron chi connectivity index (χ3n) is 3.02. The highest BCUT2D eigenvalue weighted by Crippen LogP contribution is 2.24. The summed E-state index contributed by atoms with van der Waals surface area (Å²) in [6.07, 6.45) is 0.411. The van der Waals surface area contributed by atoms with Crippen LogP contribution >= 0.6 is 0 Å². The maximum atomic E-state index is 11.4. The lowest BCUT2D eigenvalue weighted by molar-refractivity contribution is -0.137. The number of methoxy groups -OCH3 is 1. The van der Waals surface area contributed by atoms with Gasteiger partial charge in [0.2, 0.25) is 0 Å². The van der Waals surface area contributed by atoms with E-state index >= 15 is 0 Å². The second-order valence-electron chi connectivity index (χ2n) is 4.43. The molecule has 20 heavy (non-hydrogen) atoms. The van der Waals surface area contributed by atoms with E-state index in [2.05, 4.69) is 5.32 Å². The zero-order chi connectivity index (χ0) is 14.4. The Labute approximate surface area is 118 Å². The summed E-state index contributed by atoms with van der Waals surface area (Å²) in [6, 6.07) is 16.1. The van der Waals surface area contributed by atoms with Crippen molar-refractivity contribution in [2.75, 3.05) is 12.4 Å². The second kappa shape index (κ2) is 6.61. The average Bonchev–Trinajstić information content (AvgIpc) is 2.48. The van der Waals surface area contributed by atoms with Crippen LogP contribution in [0.1, 0.15) is 5.56 Å². The van der Waals surface area contributed by atoms with Gasteiger partial charge in [-0.15, -0.1) is 0 Å². The van der Waals surface area contributed by atoms with Gasteiger partial charge in [-0.2, -0.15) is 0 Å². The van der Waals surface area contributed by atoms with E-state index < -0.39 is 12.0 Å². The molecule has 2 aromatic rings. The summed E-state index contributed by atoms with van der Waals surface area (Å²) in [5.74, 6) is -0.258. The van der Waals surface area contributed by atoms with Crippen molar-refractivity contribution in [3.8, 4) is 5.75 Å². The minimum atomic E-state index is -0.889. The molecule has 4 heteroatoms. The monoisotopic (exact) mass is 271 g/mol. The molecule has 2 aromatic carbocycles. The summed E-state index contributed by atoms with van der Waals surface area (Å²) < 4.78 is 5.22. The first-order chi connectivity index (χ1) is 9.70. The third-order valence-corrected chi connectivity index (χ3v) is 3.02. The Morgan fingerprint density at radius 3 is 2.45 bits per heavy atom. The molecule has 0 amide bonds. The maximum absolute atomic E-state index is 11.4. The molecule has 2 rings (SSSR count). The van der Waals surface area contributed by atoms with Gasteiger partial charge in [0, 0.05) is 6.42 Å². The lowest BCUT2D eigenvalue weighted by Gasteiger charge is -2.17. The van der Waals surface area contributed by atoms with Crippen LogP contribution in [0.3, 0.4) is 0 Å². The summed E-state index contributed by atoms with van der Waals surface area (Å²) in [5, 5.41) is 12.4. The highest BCUT2D eigenvalue weighted by Gasteiger charge is 2.19. The van der Waals surface area contributed by atoms with Crippen LogP contribution < -0.4 is 10.1 Å². The molecular formula is C16H17NO3. The summed E-state index contributed by atoms with van der Waals surface area (Å²) in [6.45, 7) is 0. The fourth-order valence-corrected chi connectivity index (χ4v) is 2.00. The summed E-state index contributed by atoms with van der Waals surface area (Å²) >= 11 is 0. The molecule has 0 aliphatic carbocycles. The first kappa shape index (κ1) is 13.9. The molecule has 0 spiro atoms. The van der Waals surface area contributed by atoms with Gasteiger partial charge in [0.25, 0.3) is 0 Å². The SMILES string of the molecule is COc1ccccc1NC(Cc1ccccc1)C(=O)O. The van der Waals surface area contributed by atoms with Crippen LogP contribution in [-0.4, -0.2) is 24.2 Å². The van der Waals surface area contributed by atoms with Crippen molar-refractivity contribution < 1.29 is 14.6 Å². The molecule has 0 saturated carbocycles. The molecule has 0 aliphatic rings. The lowest BCUT2D eigenvalue weighted by Crippen LogP contribution is -2.31. The molecule has 0 fully saturated rings. The molecule has 104 valence electrons. The Morgan fingerprint density at radius 1 is 1.15 bits per heavy atom. The Morgan fingerprint density at radius 2 is 1.80 bits per heavy atom. The van der Waals surface area contributed by atoms with Crippen molar-refractivity contribution >= 4 is 11.7 Å². The van der Waals surface area contributed by atoms with Crippen LogP contribution in [0.15, 0.2) is 54.6 Å². The number of carboxylic acids is 1. The molecular weight excluding hydrogens is 254 g/mol. The standard InChI is InChI=1S/C16H17NO3/c1-20-15-10-6-5-9-13(15)17-14(16(18)19)11-12-7-3-2-4-8-12/h2-10,14,17H,11H2,1H3,(H,18,19). The van der Waals surface area contributed by atoms with Crippen molar-refractivity contribution in [2.45, 2.75) is 12.5 Å². The maximum Gasteiger partial charge on any atom is 0.326 e. The van der Waals surface area contributed by atoms with Crippen LogP contribution in [-0.2, 0) is 11.2 Å². The molecule has 2 N–H and O–H groups in total. The zero-order valence-electron chi connectivity index (χ0n) is 11.2. The number of ether oxygens (including phenoxy) is 1. The van der Waals surface area contributed by atoms with Crippen molar-refractivity contribution in [1.29, 1.82) is 0 Å². The minimum Gasteiger partial charge on any atom is -0.495 e. The predicted molar refractivity (Wildman–Crippen MR) is 78.2 cm³/mol. The Hall–Kier alpha value is -2.49. The van der Waals surface area contributed by atoms with E-state index in [9.17, 15) is 9.90 Å². The molecule has 0 saturated heterocycles. The van der Waals surface area contributed by atoms with Gasteiger partial charge in [-0.3, -0.25) is 0 Å². The summed E-state index contributed by atoms with van der Waals surface area (Å²) in [4.78, 5) is 11.4. The van der Waals surface area contributed by atoms with Gasteiger partial charge in [0.1, 0.15) is 11.8 Å². The van der Waals surface area contributed by atoms with Crippen molar-refractivity contribution in [3.63, 3.8) is 0 Å². The van der Waals surface area contributed by atoms with Crippen molar-refractivity contribution in [1.82, 2.24) is 0 Å². The van der Waals surface area contributed by atoms with Gasteiger partial charge < -0.3 is 15.2 Å². The largest absolute Gasteiger partial charge is 0.495 e. The molecule has 0 bridgehead atoms. The van der Waals surface area contributed by atoms with Crippen LogP contribution in [0.25, 0.3) is 0 Å². The number of carboxylic acid groups (broad SMARTS) is 1. The van der Waals surface area contributed by atoms with E-state index in [1.807, 2.05) is 42.5 Å². The van der Waals surface area contributed by atoms with Crippen LogP contribution in [0.2, 0.25) is 0 Å². The van der Waals surface area contributed by atoms with E-state index in [4.69, 9.17) is 4.74 Å². The fourth-order valence-electron chi connectivity index (χ4n) is 2.00. The minimum absolute atomic E-state index is 0.411. The lowest BCUT2D eigenvalue weighted by atomic mass is 10.1. The Balaban J connectivity index is 2.16. The van der Waals surface area contributed by atoms with Crippen molar-refractivity contribution in [3.05, 3.63) is 60.2 Å². The van der Waals surface area contributed by atoms with Gasteiger partial charge >= 0.3 is 5.97 Å².